The number of carboxylic acids is 1. The number of hydrogen-bond acceptors (Lipinski definition) is 4. The first-order valence-corrected chi connectivity index (χ1v) is 8.39. The molecule has 5 nitrogen and oxygen atoms in total. The van der Waals surface area contributed by atoms with Gasteiger partial charge in [-0.15, -0.1) is 6.58 Å². The van der Waals surface area contributed by atoms with Gasteiger partial charge in [0.15, 0.2) is 0 Å². The van der Waals surface area contributed by atoms with E-state index in [2.05, 4.69) is 6.58 Å². The Morgan fingerprint density at radius 1 is 1.38 bits per heavy atom. The summed E-state index contributed by atoms with van der Waals surface area (Å²) in [4.78, 5) is 24.8. The molecule has 0 atom stereocenters. The number of aliphatic carboxylic acids is 1. The molecule has 1 aliphatic rings. The molecule has 1 aliphatic heterocycles. The van der Waals surface area contributed by atoms with Crippen LogP contribution in [0.3, 0.4) is 0 Å². The van der Waals surface area contributed by atoms with Gasteiger partial charge in [0.1, 0.15) is 10.9 Å². The first-order chi connectivity index (χ1) is 11.5. The maximum atomic E-state index is 12.4. The van der Waals surface area contributed by atoms with Gasteiger partial charge >= 0.3 is 5.97 Å². The van der Waals surface area contributed by atoms with Gasteiger partial charge in [0.05, 0.1) is 4.91 Å². The van der Waals surface area contributed by atoms with E-state index in [0.717, 1.165) is 33.1 Å². The molecule has 0 aliphatic carbocycles. The molecule has 1 amide bonds. The summed E-state index contributed by atoms with van der Waals surface area (Å²) in [5.74, 6) is -1.46. The van der Waals surface area contributed by atoms with Gasteiger partial charge in [-0.2, -0.15) is 0 Å². The molecule has 122 valence electrons. The van der Waals surface area contributed by atoms with Crippen molar-refractivity contribution in [3.05, 3.63) is 53.6 Å². The van der Waals surface area contributed by atoms with Gasteiger partial charge in [-0.1, -0.05) is 48.3 Å². The van der Waals surface area contributed by atoms with E-state index >= 15 is 0 Å². The zero-order valence-corrected chi connectivity index (χ0v) is 14.3. The van der Waals surface area contributed by atoms with Crippen molar-refractivity contribution in [1.82, 2.24) is 9.47 Å². The summed E-state index contributed by atoms with van der Waals surface area (Å²) in [5, 5.41) is 9.91. The van der Waals surface area contributed by atoms with Gasteiger partial charge in [-0.25, -0.2) is 0 Å². The van der Waals surface area contributed by atoms with Crippen LogP contribution in [-0.4, -0.2) is 37.3 Å². The number of carboxylic acid groups (broad SMARTS) is 1. The lowest BCUT2D eigenvalue weighted by Crippen LogP contribution is -2.33. The lowest BCUT2D eigenvalue weighted by molar-refractivity contribution is -0.140. The molecule has 0 saturated carbocycles. The van der Waals surface area contributed by atoms with Crippen LogP contribution in [0.4, 0.5) is 0 Å². The molecule has 0 unspecified atom stereocenters. The number of fused-ring (bicyclic) bond motifs is 1. The second kappa shape index (κ2) is 6.62. The Labute approximate surface area is 148 Å². The van der Waals surface area contributed by atoms with E-state index in [1.54, 1.807) is 6.08 Å². The number of para-hydroxylation sites is 1. The number of benzene rings is 1. The average molecular weight is 358 g/mol. The Bertz CT molecular complexity index is 898. The number of nitrogens with zero attached hydrogens (tertiary/aromatic N) is 2. The van der Waals surface area contributed by atoms with Crippen molar-refractivity contribution >= 4 is 57.2 Å². The summed E-state index contributed by atoms with van der Waals surface area (Å²) in [7, 11) is 0. The first kappa shape index (κ1) is 16.5. The molecule has 0 radical (unpaired) electrons. The van der Waals surface area contributed by atoms with Crippen molar-refractivity contribution in [1.29, 1.82) is 0 Å². The molecule has 0 bridgehead atoms. The van der Waals surface area contributed by atoms with Gasteiger partial charge < -0.3 is 9.67 Å². The predicted molar refractivity (Wildman–Crippen MR) is 99.6 cm³/mol. The van der Waals surface area contributed by atoms with Crippen LogP contribution in [-0.2, 0) is 16.1 Å². The maximum Gasteiger partial charge on any atom is 0.323 e. The van der Waals surface area contributed by atoms with Gasteiger partial charge in [0.2, 0.25) is 0 Å². The number of allylic oxidation sites excluding steroid dienone is 1. The molecule has 2 aromatic rings. The van der Waals surface area contributed by atoms with Crippen LogP contribution in [0, 0.1) is 0 Å². The van der Waals surface area contributed by atoms with E-state index in [-0.39, 0.29) is 10.2 Å². The summed E-state index contributed by atoms with van der Waals surface area (Å²) in [5.41, 5.74) is 1.94. The number of hydrogen-bond donors (Lipinski definition) is 1. The summed E-state index contributed by atoms with van der Waals surface area (Å²) < 4.78 is 2.31. The Kier molecular flexibility index (Phi) is 4.55. The molecular weight excluding hydrogens is 344 g/mol. The maximum absolute atomic E-state index is 12.4. The fraction of sp³-hybridized carbons (Fsp3) is 0.118. The summed E-state index contributed by atoms with van der Waals surface area (Å²) >= 11 is 6.24. The number of carbonyl (C=O) groups excluding carboxylic acids is 1. The Morgan fingerprint density at radius 2 is 2.12 bits per heavy atom. The minimum Gasteiger partial charge on any atom is -0.480 e. The monoisotopic (exact) mass is 358 g/mol. The lowest BCUT2D eigenvalue weighted by atomic mass is 10.1. The number of rotatable bonds is 5. The molecule has 3 rings (SSSR count). The molecule has 1 N–H and O–H groups in total. The van der Waals surface area contributed by atoms with Crippen molar-refractivity contribution in [3.63, 3.8) is 0 Å². The Balaban J connectivity index is 2.01. The normalized spacial score (nSPS) is 16.3. The van der Waals surface area contributed by atoms with E-state index in [1.807, 2.05) is 41.1 Å². The first-order valence-electron chi connectivity index (χ1n) is 7.17. The van der Waals surface area contributed by atoms with Crippen LogP contribution < -0.4 is 0 Å². The number of thioether (sulfide) groups is 1. The summed E-state index contributed by atoms with van der Waals surface area (Å²) in [6.07, 6.45) is 5.53. The fourth-order valence-electron chi connectivity index (χ4n) is 2.59. The van der Waals surface area contributed by atoms with Gasteiger partial charge in [0.25, 0.3) is 5.91 Å². The third-order valence-electron chi connectivity index (χ3n) is 3.60. The molecule has 1 aromatic carbocycles. The van der Waals surface area contributed by atoms with Crippen molar-refractivity contribution in [2.75, 3.05) is 6.54 Å². The molecule has 7 heteroatoms. The van der Waals surface area contributed by atoms with Crippen molar-refractivity contribution in [2.24, 2.45) is 0 Å². The van der Waals surface area contributed by atoms with E-state index in [4.69, 9.17) is 17.3 Å². The number of thiocarbonyl (C=S) groups is 1. The highest BCUT2D eigenvalue weighted by Crippen LogP contribution is 2.34. The van der Waals surface area contributed by atoms with E-state index in [0.29, 0.717) is 11.4 Å². The molecular formula is C17H14N2O3S2. The standard InChI is InChI=1S/C17H14N2O3S2/c1-2-7-18-9-11(12-5-3-4-6-13(12)18)8-14-16(22)19(10-15(20)21)17(23)24-14/h2-6,8-9H,1,7,10H2,(H,20,21). The highest BCUT2D eigenvalue weighted by Gasteiger charge is 2.33. The smallest absolute Gasteiger partial charge is 0.323 e. The quantitative estimate of drug-likeness (QED) is 0.505. The second-order valence-corrected chi connectivity index (χ2v) is 6.88. The SMILES string of the molecule is C=CCn1cc(C=C2SC(=S)N(CC(=O)O)C2=O)c2ccccc21. The van der Waals surface area contributed by atoms with Gasteiger partial charge in [0, 0.05) is 29.2 Å². The summed E-state index contributed by atoms with van der Waals surface area (Å²) in [6.45, 7) is 4.01. The van der Waals surface area contributed by atoms with Crippen LogP contribution >= 0.6 is 24.0 Å². The zero-order valence-electron chi connectivity index (χ0n) is 12.6. The van der Waals surface area contributed by atoms with Crippen LogP contribution in [0.25, 0.3) is 17.0 Å². The van der Waals surface area contributed by atoms with Crippen molar-refractivity contribution in [3.8, 4) is 0 Å². The second-order valence-electron chi connectivity index (χ2n) is 5.20. The Morgan fingerprint density at radius 3 is 2.83 bits per heavy atom. The number of amides is 1. The number of carbonyl (C=O) groups is 2. The molecule has 2 heterocycles. The molecule has 0 spiro atoms. The fourth-order valence-corrected chi connectivity index (χ4v) is 3.84. The molecule has 1 fully saturated rings. The van der Waals surface area contributed by atoms with Gasteiger partial charge in [-0.3, -0.25) is 14.5 Å². The minimum atomic E-state index is -1.09. The molecule has 1 aromatic heterocycles. The van der Waals surface area contributed by atoms with E-state index < -0.39 is 12.5 Å². The van der Waals surface area contributed by atoms with Crippen LogP contribution in [0.1, 0.15) is 5.56 Å². The van der Waals surface area contributed by atoms with Crippen LogP contribution in [0.15, 0.2) is 48.0 Å². The van der Waals surface area contributed by atoms with Crippen LogP contribution in [0.2, 0.25) is 0 Å². The van der Waals surface area contributed by atoms with E-state index in [9.17, 15) is 9.59 Å². The topological polar surface area (TPSA) is 62.5 Å². The number of aromatic nitrogens is 1. The third kappa shape index (κ3) is 3.00. The van der Waals surface area contributed by atoms with Crippen LogP contribution in [0.5, 0.6) is 0 Å². The highest BCUT2D eigenvalue weighted by atomic mass is 32.2. The minimum absolute atomic E-state index is 0.267. The van der Waals surface area contributed by atoms with Crippen molar-refractivity contribution in [2.45, 2.75) is 6.54 Å². The summed E-state index contributed by atoms with van der Waals surface area (Å²) in [6, 6.07) is 7.89. The molecule has 1 saturated heterocycles. The highest BCUT2D eigenvalue weighted by molar-refractivity contribution is 8.26. The van der Waals surface area contributed by atoms with E-state index in [1.165, 1.54) is 0 Å². The lowest BCUT2D eigenvalue weighted by Gasteiger charge is -2.10. The zero-order chi connectivity index (χ0) is 17.3. The average Bonchev–Trinajstić information content (AvgIpc) is 3.01. The largest absolute Gasteiger partial charge is 0.480 e. The predicted octanol–water partition coefficient (Wildman–Crippen LogP) is 3.11. The van der Waals surface area contributed by atoms with Gasteiger partial charge in [-0.05, 0) is 12.1 Å². The third-order valence-corrected chi connectivity index (χ3v) is 4.98. The Hall–Kier alpha value is -2.38. The van der Waals surface area contributed by atoms with Crippen molar-refractivity contribution < 1.29 is 14.7 Å². The molecule has 24 heavy (non-hydrogen) atoms.